The molecule has 0 spiro atoms. The molecule has 10 atom stereocenters. The van der Waals surface area contributed by atoms with E-state index < -0.39 is 157 Å². The number of H-pyrrole nitrogens is 1. The summed E-state index contributed by atoms with van der Waals surface area (Å²) in [5.74, 6) is -11.5. The third-order valence-electron chi connectivity index (χ3n) is 16.3. The zero-order chi connectivity index (χ0) is 73.4. The lowest BCUT2D eigenvalue weighted by Crippen LogP contribution is -2.61. The van der Waals surface area contributed by atoms with E-state index in [9.17, 15) is 58.5 Å². The fourth-order valence-electron chi connectivity index (χ4n) is 10.9. The number of hydrogen-bond acceptors (Lipinski definition) is 19. The van der Waals surface area contributed by atoms with Gasteiger partial charge in [-0.3, -0.25) is 67.5 Å². The fraction of sp³-hybridized carbons (Fsp3) is 0.441. The number of aliphatic hydroxyl groups excluding tert-OH is 2. The van der Waals surface area contributed by atoms with Gasteiger partial charge in [0, 0.05) is 81.6 Å². The molecule has 3 aromatic carbocycles. The Kier molecular flexibility index (Phi) is 31.8. The van der Waals surface area contributed by atoms with Gasteiger partial charge in [-0.25, -0.2) is 0 Å². The third-order valence-corrected chi connectivity index (χ3v) is 16.3. The minimum absolute atomic E-state index is 0.00233. The second-order valence-corrected chi connectivity index (χ2v) is 24.3. The summed E-state index contributed by atoms with van der Waals surface area (Å²) < 4.78 is 0. The Bertz CT molecular complexity index is 3650. The number of carbonyl (C=O) groups is 12. The van der Waals surface area contributed by atoms with Gasteiger partial charge >= 0.3 is 5.97 Å². The summed E-state index contributed by atoms with van der Waals surface area (Å²) in [4.78, 5) is 186. The molecule has 6 rings (SSSR count). The second-order valence-electron chi connectivity index (χ2n) is 24.3. The van der Waals surface area contributed by atoms with Crippen molar-refractivity contribution in [3.8, 4) is 5.75 Å². The van der Waals surface area contributed by atoms with Crippen molar-refractivity contribution < 1.29 is 77.7 Å². The number of unbranched alkanes of at least 4 members (excludes halogenated alkanes) is 1. The number of primary amides is 1. The molecule has 0 saturated carbocycles. The monoisotopic (exact) mass is 1400 g/mol. The topological polar surface area (TPSA) is 526 Å². The number of aliphatic hydroxyl groups is 2. The smallest absolute Gasteiger partial charge is 0.324 e. The molecule has 0 radical (unpaired) electrons. The molecule has 1 fully saturated rings. The molecule has 1 aliphatic rings. The van der Waals surface area contributed by atoms with Crippen LogP contribution in [-0.2, 0) is 88.1 Å². The molecule has 5 aromatic rings. The number of hydroxylamine groups is 1. The first-order valence-corrected chi connectivity index (χ1v) is 33.2. The van der Waals surface area contributed by atoms with Crippen molar-refractivity contribution in [2.45, 2.75) is 164 Å². The van der Waals surface area contributed by atoms with Gasteiger partial charge in [0.05, 0.1) is 13.2 Å². The van der Waals surface area contributed by atoms with E-state index in [1.54, 1.807) is 61.7 Å². The first kappa shape index (κ1) is 78.9. The fourth-order valence-corrected chi connectivity index (χ4v) is 10.9. The van der Waals surface area contributed by atoms with Crippen LogP contribution in [0.4, 0.5) is 0 Å². The Morgan fingerprint density at radius 1 is 0.624 bits per heavy atom. The number of aromatic nitrogens is 2. The number of guanidine groups is 1. The van der Waals surface area contributed by atoms with Gasteiger partial charge in [0.15, 0.2) is 5.96 Å². The Morgan fingerprint density at radius 3 is 1.85 bits per heavy atom. The summed E-state index contributed by atoms with van der Waals surface area (Å²) in [6.07, 6.45) is 3.70. The van der Waals surface area contributed by atoms with Crippen molar-refractivity contribution in [3.05, 3.63) is 132 Å². The van der Waals surface area contributed by atoms with Crippen LogP contribution in [0.25, 0.3) is 10.9 Å². The highest BCUT2D eigenvalue weighted by Crippen LogP contribution is 2.21. The highest BCUT2D eigenvalue weighted by atomic mass is 16.7. The number of fused-ring (bicyclic) bond motifs is 1. The van der Waals surface area contributed by atoms with Crippen LogP contribution in [0.2, 0.25) is 0 Å². The summed E-state index contributed by atoms with van der Waals surface area (Å²) in [6, 6.07) is 9.15. The molecule has 33 nitrogen and oxygen atoms in total. The number of aromatic hydroxyl groups is 1. The molecule has 101 heavy (non-hydrogen) atoms. The SMILES string of the molecule is CCCC[C@H](NC(=O)[C@H](CO)NC(=O)[C@H](Cc1ccc(O)cc1)NC(=O)[C@H](CO)NC(C)=O)C(=O)N[C@H]1CCC(=O)ONCCCC[C@@H](C(N)=O)NC(=O)[C@H](Cc2c[nH]c3ccccc23)NC(=O)[C@H](CCCN=C(N)N)NC(=O)[C@@H](Cc2ccccc2)NC(=O)[C@H](Cc2cccnc2)NC1=O. The second kappa shape index (κ2) is 40.7. The van der Waals surface area contributed by atoms with Gasteiger partial charge in [-0.05, 0) is 91.5 Å². The highest BCUT2D eigenvalue weighted by Gasteiger charge is 2.37. The maximum Gasteiger partial charge on any atom is 0.324 e. The Labute approximate surface area is 582 Å². The number of pyridine rings is 1. The van der Waals surface area contributed by atoms with E-state index >= 15 is 14.4 Å². The van der Waals surface area contributed by atoms with E-state index in [1.165, 1.54) is 36.7 Å². The van der Waals surface area contributed by atoms with Crippen molar-refractivity contribution in [1.29, 1.82) is 0 Å². The lowest BCUT2D eigenvalue weighted by atomic mass is 10.0. The quantitative estimate of drug-likeness (QED) is 0.0143. The molecule has 1 saturated heterocycles. The maximum absolute atomic E-state index is 15.1. The van der Waals surface area contributed by atoms with Crippen LogP contribution in [0, 0.1) is 0 Å². The number of benzene rings is 3. The van der Waals surface area contributed by atoms with Crippen LogP contribution in [0.5, 0.6) is 5.75 Å². The van der Waals surface area contributed by atoms with Gasteiger partial charge in [-0.2, -0.15) is 5.48 Å². The highest BCUT2D eigenvalue weighted by molar-refractivity contribution is 5.99. The van der Waals surface area contributed by atoms with Crippen LogP contribution in [-0.4, -0.2) is 189 Å². The zero-order valence-electron chi connectivity index (χ0n) is 56.2. The van der Waals surface area contributed by atoms with Gasteiger partial charge in [0.25, 0.3) is 0 Å². The number of para-hydroxylation sites is 1. The van der Waals surface area contributed by atoms with Crippen LogP contribution in [0.15, 0.2) is 115 Å². The minimum Gasteiger partial charge on any atom is -0.508 e. The number of phenolic OH excluding ortho intramolecular Hbond substituents is 1. The average molecular weight is 1400 g/mol. The number of rotatable bonds is 27. The van der Waals surface area contributed by atoms with Gasteiger partial charge in [0.2, 0.25) is 65.0 Å². The van der Waals surface area contributed by atoms with Gasteiger partial charge in [-0.15, -0.1) is 0 Å². The number of aliphatic imine (C=N–C) groups is 1. The number of nitrogens with zero attached hydrogens (tertiary/aromatic N) is 2. The van der Waals surface area contributed by atoms with Gasteiger partial charge in [0.1, 0.15) is 66.2 Å². The maximum atomic E-state index is 15.1. The molecule has 0 unspecified atom stereocenters. The van der Waals surface area contributed by atoms with E-state index in [4.69, 9.17) is 22.0 Å². The predicted octanol–water partition coefficient (Wildman–Crippen LogP) is -2.87. The molecule has 2 aromatic heterocycles. The van der Waals surface area contributed by atoms with Crippen molar-refractivity contribution >= 4 is 87.8 Å². The summed E-state index contributed by atoms with van der Waals surface area (Å²) in [6.45, 7) is 0.970. The van der Waals surface area contributed by atoms with E-state index in [1.807, 2.05) is 18.2 Å². The number of carbonyl (C=O) groups excluding carboxylic acids is 12. The normalized spacial score (nSPS) is 19.7. The molecular formula is C68H91N17O16. The largest absolute Gasteiger partial charge is 0.508 e. The average Bonchev–Trinajstić information content (AvgIpc) is 1.71. The van der Waals surface area contributed by atoms with E-state index in [0.717, 1.165) is 17.8 Å². The number of hydrogen-bond donors (Lipinski definition) is 18. The van der Waals surface area contributed by atoms with Crippen LogP contribution in [0.3, 0.4) is 0 Å². The minimum atomic E-state index is -1.80. The molecule has 0 aliphatic carbocycles. The summed E-state index contributed by atoms with van der Waals surface area (Å²) in [5, 5.41) is 56.9. The van der Waals surface area contributed by atoms with Gasteiger partial charge < -0.3 is 95.5 Å². The van der Waals surface area contributed by atoms with E-state index in [2.05, 4.69) is 73.6 Å². The molecule has 544 valence electrons. The van der Waals surface area contributed by atoms with Crippen molar-refractivity contribution in [1.82, 2.24) is 68.6 Å². The molecular weight excluding hydrogens is 1310 g/mol. The predicted molar refractivity (Wildman–Crippen MR) is 367 cm³/mol. The van der Waals surface area contributed by atoms with E-state index in [-0.39, 0.29) is 95.4 Å². The standard InChI is InChI=1S/C68H91N17O16/c1-3-4-18-48(79-67(100)56(38-87)85-64(97)52(32-41-22-24-44(89)25-23-41)83-66(99)55(37-86)76-39(2)88)59(92)80-50-26-27-57(90)101-75-30-11-10-20-47(58(69)91)77-65(98)54(34-43-36-74-46-19-9-8-17-45(43)46)84-60(93)49(21-13-29-73-68(70)71)78-62(95)51(31-40-14-6-5-7-15-40)82-63(96)53(81-61(50)94)33-42-16-12-28-72-35-42/h5-9,12,14-17,19,22-25,28,35-36,47-56,74-75,86-87,89H,3-4,10-11,13,18,20-21,26-27,29-34,37-38H2,1-2H3,(H2,69,91)(H,76,88)(H,77,98)(H,78,95)(H,79,100)(H,80,92)(H,81,94)(H,82,96)(H,83,99)(H,84,93)(H,85,97)(H4,70,71,73)/t47-,48-,49-,50-,51+,52-,53-,54-,55-,56-/m0/s1. The Morgan fingerprint density at radius 2 is 1.21 bits per heavy atom. The summed E-state index contributed by atoms with van der Waals surface area (Å²) >= 11 is 0. The van der Waals surface area contributed by atoms with E-state index in [0.29, 0.717) is 28.7 Å². The molecule has 3 heterocycles. The zero-order valence-corrected chi connectivity index (χ0v) is 56.2. The first-order chi connectivity index (χ1) is 48.4. The first-order valence-electron chi connectivity index (χ1n) is 33.2. The van der Waals surface area contributed by atoms with Crippen molar-refractivity contribution in [2.75, 3.05) is 26.3 Å². The number of nitrogens with two attached hydrogens (primary N) is 3. The molecule has 21 N–H and O–H groups in total. The lowest BCUT2D eigenvalue weighted by molar-refractivity contribution is -0.151. The van der Waals surface area contributed by atoms with Crippen molar-refractivity contribution in [3.63, 3.8) is 0 Å². The van der Waals surface area contributed by atoms with Crippen LogP contribution in [0.1, 0.15) is 100 Å². The molecule has 1 aliphatic heterocycles. The molecule has 11 amide bonds. The van der Waals surface area contributed by atoms with Crippen molar-refractivity contribution in [2.24, 2.45) is 22.2 Å². The van der Waals surface area contributed by atoms with Gasteiger partial charge in [-0.1, -0.05) is 86.5 Å². The number of aromatic amines is 1. The summed E-state index contributed by atoms with van der Waals surface area (Å²) in [5.41, 5.74) is 22.3. The summed E-state index contributed by atoms with van der Waals surface area (Å²) in [7, 11) is 0. The Balaban J connectivity index is 1.33. The molecule has 0 bridgehead atoms. The van der Waals surface area contributed by atoms with Crippen LogP contribution >= 0.6 is 0 Å². The Hall–Kier alpha value is -11.1. The lowest BCUT2D eigenvalue weighted by Gasteiger charge is -2.28. The molecule has 33 heteroatoms. The number of amides is 11. The third kappa shape index (κ3) is 26.3. The number of phenols is 1. The van der Waals surface area contributed by atoms with Crippen LogP contribution < -0.4 is 75.8 Å². The number of nitrogens with one attached hydrogen (secondary N) is 12.